The van der Waals surface area contributed by atoms with E-state index in [4.69, 9.17) is 4.74 Å². The van der Waals surface area contributed by atoms with Crippen LogP contribution >= 0.6 is 0 Å². The van der Waals surface area contributed by atoms with Gasteiger partial charge in [0.25, 0.3) is 0 Å². The molecule has 0 saturated heterocycles. The Morgan fingerprint density at radius 2 is 1.70 bits per heavy atom. The molecule has 0 saturated carbocycles. The fraction of sp³-hybridized carbons (Fsp3) is 0.250. The number of benzene rings is 2. The van der Waals surface area contributed by atoms with Crippen LogP contribution in [0, 0.1) is 11.6 Å². The number of hydrogen-bond acceptors (Lipinski definition) is 2. The van der Waals surface area contributed by atoms with Crippen molar-refractivity contribution in [3.05, 3.63) is 65.2 Å². The molecule has 1 atom stereocenters. The van der Waals surface area contributed by atoms with E-state index < -0.39 is 17.7 Å². The standard InChI is InChI=1S/C16H16F2O2/c1-10(2)20-15-6-4-3-5-12(15)16(19)11-7-8-13(17)14(18)9-11/h3-10,16,19H,1-2H3. The molecule has 0 spiro atoms. The fourth-order valence-corrected chi connectivity index (χ4v) is 1.93. The Morgan fingerprint density at radius 3 is 2.35 bits per heavy atom. The highest BCUT2D eigenvalue weighted by molar-refractivity contribution is 5.40. The summed E-state index contributed by atoms with van der Waals surface area (Å²) in [5.74, 6) is -1.39. The Bertz CT molecular complexity index is 597. The predicted molar refractivity (Wildman–Crippen MR) is 72.6 cm³/mol. The maximum Gasteiger partial charge on any atom is 0.159 e. The Balaban J connectivity index is 2.37. The van der Waals surface area contributed by atoms with Crippen molar-refractivity contribution in [2.45, 2.75) is 26.1 Å². The number of aliphatic hydroxyl groups excluding tert-OH is 1. The lowest BCUT2D eigenvalue weighted by Crippen LogP contribution is -2.10. The minimum atomic E-state index is -1.07. The summed E-state index contributed by atoms with van der Waals surface area (Å²) in [4.78, 5) is 0. The van der Waals surface area contributed by atoms with Gasteiger partial charge in [-0.3, -0.25) is 0 Å². The lowest BCUT2D eigenvalue weighted by molar-refractivity contribution is 0.197. The van der Waals surface area contributed by atoms with E-state index in [1.165, 1.54) is 6.07 Å². The number of rotatable bonds is 4. The van der Waals surface area contributed by atoms with E-state index in [1.807, 2.05) is 13.8 Å². The van der Waals surface area contributed by atoms with Gasteiger partial charge in [-0.15, -0.1) is 0 Å². The Labute approximate surface area is 116 Å². The van der Waals surface area contributed by atoms with Crippen molar-refractivity contribution >= 4 is 0 Å². The van der Waals surface area contributed by atoms with E-state index in [0.717, 1.165) is 12.1 Å². The van der Waals surface area contributed by atoms with Gasteiger partial charge in [0.2, 0.25) is 0 Å². The van der Waals surface area contributed by atoms with E-state index in [1.54, 1.807) is 24.3 Å². The summed E-state index contributed by atoms with van der Waals surface area (Å²) in [5, 5.41) is 10.3. The molecule has 0 aliphatic rings. The summed E-state index contributed by atoms with van der Waals surface area (Å²) in [6, 6.07) is 10.3. The van der Waals surface area contributed by atoms with Gasteiger partial charge in [0.15, 0.2) is 11.6 Å². The molecule has 0 aromatic heterocycles. The number of para-hydroxylation sites is 1. The monoisotopic (exact) mass is 278 g/mol. The topological polar surface area (TPSA) is 29.5 Å². The Morgan fingerprint density at radius 1 is 1.00 bits per heavy atom. The van der Waals surface area contributed by atoms with Crippen LogP contribution in [-0.4, -0.2) is 11.2 Å². The SMILES string of the molecule is CC(C)Oc1ccccc1C(O)c1ccc(F)c(F)c1. The van der Waals surface area contributed by atoms with E-state index in [9.17, 15) is 13.9 Å². The molecule has 2 rings (SSSR count). The zero-order valence-corrected chi connectivity index (χ0v) is 11.3. The quantitative estimate of drug-likeness (QED) is 0.921. The van der Waals surface area contributed by atoms with Gasteiger partial charge in [-0.2, -0.15) is 0 Å². The van der Waals surface area contributed by atoms with E-state index in [2.05, 4.69) is 0 Å². The van der Waals surface area contributed by atoms with Crippen LogP contribution in [0.3, 0.4) is 0 Å². The highest BCUT2D eigenvalue weighted by Crippen LogP contribution is 2.31. The molecule has 20 heavy (non-hydrogen) atoms. The van der Waals surface area contributed by atoms with Gasteiger partial charge < -0.3 is 9.84 Å². The lowest BCUT2D eigenvalue weighted by atomic mass is 10.0. The maximum atomic E-state index is 13.2. The largest absolute Gasteiger partial charge is 0.491 e. The highest BCUT2D eigenvalue weighted by Gasteiger charge is 2.17. The van der Waals surface area contributed by atoms with E-state index in [0.29, 0.717) is 11.3 Å². The normalized spacial score (nSPS) is 12.5. The number of halogens is 2. The second-order valence-corrected chi connectivity index (χ2v) is 4.78. The third-order valence-corrected chi connectivity index (χ3v) is 2.84. The molecule has 0 bridgehead atoms. The summed E-state index contributed by atoms with van der Waals surface area (Å²) in [5.41, 5.74) is 0.802. The molecule has 0 heterocycles. The van der Waals surface area contributed by atoms with Crippen molar-refractivity contribution < 1.29 is 18.6 Å². The molecule has 1 N–H and O–H groups in total. The first kappa shape index (κ1) is 14.5. The summed E-state index contributed by atoms with van der Waals surface area (Å²) in [6.45, 7) is 3.75. The molecule has 1 unspecified atom stereocenters. The summed E-state index contributed by atoms with van der Waals surface area (Å²) in [7, 11) is 0. The molecule has 2 aromatic rings. The summed E-state index contributed by atoms with van der Waals surface area (Å²) < 4.78 is 31.8. The van der Waals surface area contributed by atoms with Gasteiger partial charge >= 0.3 is 0 Å². The smallest absolute Gasteiger partial charge is 0.159 e. The van der Waals surface area contributed by atoms with Crippen LogP contribution in [0.15, 0.2) is 42.5 Å². The summed E-state index contributed by atoms with van der Waals surface area (Å²) in [6.07, 6.45) is -1.12. The molecular weight excluding hydrogens is 262 g/mol. The highest BCUT2D eigenvalue weighted by atomic mass is 19.2. The zero-order valence-electron chi connectivity index (χ0n) is 11.3. The van der Waals surface area contributed by atoms with Crippen LogP contribution in [0.25, 0.3) is 0 Å². The average molecular weight is 278 g/mol. The van der Waals surface area contributed by atoms with Gasteiger partial charge in [0.05, 0.1) is 6.10 Å². The molecule has 0 fully saturated rings. The minimum Gasteiger partial charge on any atom is -0.491 e. The van der Waals surface area contributed by atoms with Gasteiger partial charge in [-0.1, -0.05) is 24.3 Å². The van der Waals surface area contributed by atoms with Gasteiger partial charge in [0, 0.05) is 5.56 Å². The van der Waals surface area contributed by atoms with Crippen LogP contribution in [0.2, 0.25) is 0 Å². The second-order valence-electron chi connectivity index (χ2n) is 4.78. The van der Waals surface area contributed by atoms with E-state index in [-0.39, 0.29) is 11.7 Å². The number of hydrogen-bond donors (Lipinski definition) is 1. The van der Waals surface area contributed by atoms with Gasteiger partial charge in [-0.25, -0.2) is 8.78 Å². The molecular formula is C16H16F2O2. The molecule has 0 amide bonds. The fourth-order valence-electron chi connectivity index (χ4n) is 1.93. The van der Waals surface area contributed by atoms with Crippen molar-refractivity contribution in [3.63, 3.8) is 0 Å². The van der Waals surface area contributed by atoms with Crippen molar-refractivity contribution in [1.29, 1.82) is 0 Å². The molecule has 0 aliphatic carbocycles. The first-order valence-corrected chi connectivity index (χ1v) is 6.37. The number of ether oxygens (including phenoxy) is 1. The van der Waals surface area contributed by atoms with Gasteiger partial charge in [0.1, 0.15) is 11.9 Å². The third-order valence-electron chi connectivity index (χ3n) is 2.84. The molecule has 0 aliphatic heterocycles. The first-order valence-electron chi connectivity index (χ1n) is 6.37. The number of aliphatic hydroxyl groups is 1. The van der Waals surface area contributed by atoms with Crippen molar-refractivity contribution in [2.75, 3.05) is 0 Å². The molecule has 2 aromatic carbocycles. The predicted octanol–water partition coefficient (Wildman–Crippen LogP) is 3.83. The van der Waals surface area contributed by atoms with Crippen LogP contribution in [0.5, 0.6) is 5.75 Å². The Hall–Kier alpha value is -1.94. The lowest BCUT2D eigenvalue weighted by Gasteiger charge is -2.18. The van der Waals surface area contributed by atoms with Crippen molar-refractivity contribution in [2.24, 2.45) is 0 Å². The second kappa shape index (κ2) is 6.01. The van der Waals surface area contributed by atoms with E-state index >= 15 is 0 Å². The Kier molecular flexibility index (Phi) is 4.35. The first-order chi connectivity index (χ1) is 9.49. The molecule has 0 radical (unpaired) electrons. The molecule has 4 heteroatoms. The minimum absolute atomic E-state index is 0.0479. The zero-order chi connectivity index (χ0) is 14.7. The molecule has 106 valence electrons. The average Bonchev–Trinajstić information content (AvgIpc) is 2.41. The maximum absolute atomic E-state index is 13.2. The van der Waals surface area contributed by atoms with Crippen molar-refractivity contribution in [1.82, 2.24) is 0 Å². The van der Waals surface area contributed by atoms with Crippen LogP contribution in [0.1, 0.15) is 31.1 Å². The van der Waals surface area contributed by atoms with Crippen molar-refractivity contribution in [3.8, 4) is 5.75 Å². The van der Waals surface area contributed by atoms with Crippen LogP contribution in [-0.2, 0) is 0 Å². The summed E-state index contributed by atoms with van der Waals surface area (Å²) >= 11 is 0. The van der Waals surface area contributed by atoms with Crippen LogP contribution < -0.4 is 4.74 Å². The molecule has 2 nitrogen and oxygen atoms in total. The van der Waals surface area contributed by atoms with Gasteiger partial charge in [-0.05, 0) is 37.6 Å². The third kappa shape index (κ3) is 3.14. The van der Waals surface area contributed by atoms with Crippen LogP contribution in [0.4, 0.5) is 8.78 Å².